The van der Waals surface area contributed by atoms with Crippen molar-refractivity contribution in [2.24, 2.45) is 0 Å². The molecule has 6 nitrogen and oxygen atoms in total. The summed E-state index contributed by atoms with van der Waals surface area (Å²) >= 11 is 0. The second kappa shape index (κ2) is 8.24. The summed E-state index contributed by atoms with van der Waals surface area (Å²) in [5.74, 6) is 1.53. The van der Waals surface area contributed by atoms with Crippen LogP contribution in [0.5, 0.6) is 5.75 Å². The number of ketones is 1. The van der Waals surface area contributed by atoms with Crippen LogP contribution in [-0.4, -0.2) is 44.2 Å². The van der Waals surface area contributed by atoms with Gasteiger partial charge < -0.3 is 18.8 Å². The third kappa shape index (κ3) is 3.78. The number of hydrogen-bond donors (Lipinski definition) is 0. The second-order valence-electron chi connectivity index (χ2n) is 7.38. The van der Waals surface area contributed by atoms with E-state index in [0.29, 0.717) is 24.5 Å². The Labute approximate surface area is 179 Å². The fraction of sp³-hybridized carbons (Fsp3) is 0.200. The van der Waals surface area contributed by atoms with Crippen molar-refractivity contribution in [2.75, 3.05) is 38.3 Å². The van der Waals surface area contributed by atoms with Crippen molar-refractivity contribution in [1.29, 1.82) is 0 Å². The summed E-state index contributed by atoms with van der Waals surface area (Å²) in [5, 5.41) is 1.86. The van der Waals surface area contributed by atoms with E-state index in [1.165, 1.54) is 0 Å². The van der Waals surface area contributed by atoms with E-state index in [4.69, 9.17) is 18.9 Å². The van der Waals surface area contributed by atoms with Crippen LogP contribution in [0.1, 0.15) is 16.1 Å². The van der Waals surface area contributed by atoms with Gasteiger partial charge >= 0.3 is 0 Å². The van der Waals surface area contributed by atoms with Gasteiger partial charge in [0.05, 0.1) is 25.8 Å². The number of carbonyl (C=O) groups is 1. The van der Waals surface area contributed by atoms with E-state index in [1.54, 1.807) is 19.3 Å². The van der Waals surface area contributed by atoms with Crippen molar-refractivity contribution in [3.8, 4) is 5.75 Å². The van der Waals surface area contributed by atoms with E-state index in [9.17, 15) is 4.79 Å². The van der Waals surface area contributed by atoms with Crippen molar-refractivity contribution in [3.63, 3.8) is 0 Å². The Morgan fingerprint density at radius 1 is 1.06 bits per heavy atom. The molecule has 1 aliphatic heterocycles. The number of hydrogen-bond acceptors (Lipinski definition) is 6. The highest BCUT2D eigenvalue weighted by molar-refractivity contribution is 6.07. The maximum absolute atomic E-state index is 12.9. The molecule has 4 aromatic rings. The molecule has 0 atom stereocenters. The summed E-state index contributed by atoms with van der Waals surface area (Å²) in [6, 6.07) is 17.4. The zero-order valence-corrected chi connectivity index (χ0v) is 17.2. The van der Waals surface area contributed by atoms with Gasteiger partial charge in [0, 0.05) is 29.4 Å². The van der Waals surface area contributed by atoms with Crippen molar-refractivity contribution >= 4 is 39.5 Å². The number of ether oxygens (including phenoxy) is 2. The smallest absolute Gasteiger partial charge is 0.221 e. The van der Waals surface area contributed by atoms with Crippen LogP contribution in [0.2, 0.25) is 0 Å². The second-order valence-corrected chi connectivity index (χ2v) is 7.38. The molecule has 0 radical (unpaired) electrons. The molecule has 0 N–H and O–H groups in total. The molecule has 5 rings (SSSR count). The largest absolute Gasteiger partial charge is 0.493 e. The number of aromatic nitrogens is 1. The summed E-state index contributed by atoms with van der Waals surface area (Å²) in [5.41, 5.74) is 2.39. The van der Waals surface area contributed by atoms with Crippen LogP contribution in [0.3, 0.4) is 0 Å². The summed E-state index contributed by atoms with van der Waals surface area (Å²) < 4.78 is 16.6. The lowest BCUT2D eigenvalue weighted by atomic mass is 10.1. The minimum Gasteiger partial charge on any atom is -0.493 e. The van der Waals surface area contributed by atoms with Crippen LogP contribution in [-0.2, 0) is 4.74 Å². The predicted molar refractivity (Wildman–Crippen MR) is 121 cm³/mol. The monoisotopic (exact) mass is 414 g/mol. The topological polar surface area (TPSA) is 64.8 Å². The Balaban J connectivity index is 1.51. The first-order chi connectivity index (χ1) is 15.2. The third-order valence-corrected chi connectivity index (χ3v) is 5.43. The van der Waals surface area contributed by atoms with E-state index in [-0.39, 0.29) is 11.5 Å². The van der Waals surface area contributed by atoms with Gasteiger partial charge in [0.1, 0.15) is 5.82 Å². The number of benzene rings is 2. The molecule has 3 heterocycles. The SMILES string of the molecule is COc1cccc2cc(C(=O)C=Cc3cc4ccccc4nc3N3CCOCC3)oc12. The molecule has 0 bridgehead atoms. The number of nitrogens with zero attached hydrogens (tertiary/aromatic N) is 2. The standard InChI is InChI=1S/C25H22N2O4/c1-29-22-8-4-6-18-16-23(31-24(18)22)21(28)10-9-19-15-17-5-2-3-7-20(17)26-25(19)27-11-13-30-14-12-27/h2-10,15-16H,11-14H2,1H3. The van der Waals surface area contributed by atoms with Crippen LogP contribution < -0.4 is 9.64 Å². The molecule has 31 heavy (non-hydrogen) atoms. The molecule has 156 valence electrons. The fourth-order valence-electron chi connectivity index (χ4n) is 3.84. The minimum absolute atomic E-state index is 0.209. The highest BCUT2D eigenvalue weighted by atomic mass is 16.5. The van der Waals surface area contributed by atoms with Crippen molar-refractivity contribution in [3.05, 3.63) is 72.0 Å². The van der Waals surface area contributed by atoms with Crippen LogP contribution >= 0.6 is 0 Å². The molecule has 1 aliphatic rings. The quantitative estimate of drug-likeness (QED) is 0.348. The average molecular weight is 414 g/mol. The number of rotatable bonds is 5. The van der Waals surface area contributed by atoms with Gasteiger partial charge in [0.15, 0.2) is 17.1 Å². The Bertz CT molecular complexity index is 1290. The van der Waals surface area contributed by atoms with E-state index in [1.807, 2.05) is 48.5 Å². The maximum atomic E-state index is 12.9. The normalized spacial score (nSPS) is 14.5. The van der Waals surface area contributed by atoms with E-state index < -0.39 is 0 Å². The number of morpholine rings is 1. The van der Waals surface area contributed by atoms with Crippen molar-refractivity contribution in [2.45, 2.75) is 0 Å². The number of fused-ring (bicyclic) bond motifs is 2. The minimum atomic E-state index is -0.209. The molecule has 1 fully saturated rings. The Morgan fingerprint density at radius 3 is 2.71 bits per heavy atom. The zero-order valence-electron chi connectivity index (χ0n) is 17.2. The first kappa shape index (κ1) is 19.3. The highest BCUT2D eigenvalue weighted by Crippen LogP contribution is 2.29. The molecule has 0 saturated carbocycles. The van der Waals surface area contributed by atoms with E-state index in [2.05, 4.69) is 11.0 Å². The van der Waals surface area contributed by atoms with Gasteiger partial charge in [0.2, 0.25) is 5.78 Å². The molecular formula is C25H22N2O4. The molecule has 2 aromatic heterocycles. The Kier molecular flexibility index (Phi) is 5.14. The van der Waals surface area contributed by atoms with Gasteiger partial charge in [-0.3, -0.25) is 4.79 Å². The molecule has 1 saturated heterocycles. The summed E-state index contributed by atoms with van der Waals surface area (Å²) in [7, 11) is 1.58. The lowest BCUT2D eigenvalue weighted by Crippen LogP contribution is -2.37. The molecule has 6 heteroatoms. The van der Waals surface area contributed by atoms with Gasteiger partial charge in [-0.05, 0) is 36.4 Å². The van der Waals surface area contributed by atoms with Crippen molar-refractivity contribution < 1.29 is 18.7 Å². The predicted octanol–water partition coefficient (Wildman–Crippen LogP) is 4.72. The first-order valence-electron chi connectivity index (χ1n) is 10.2. The van der Waals surface area contributed by atoms with Gasteiger partial charge in [-0.15, -0.1) is 0 Å². The highest BCUT2D eigenvalue weighted by Gasteiger charge is 2.17. The molecular weight excluding hydrogens is 392 g/mol. The van der Waals surface area contributed by atoms with Gasteiger partial charge in [-0.1, -0.05) is 30.3 Å². The van der Waals surface area contributed by atoms with Gasteiger partial charge in [-0.25, -0.2) is 4.98 Å². The first-order valence-corrected chi connectivity index (χ1v) is 10.2. The number of para-hydroxylation sites is 2. The fourth-order valence-corrected chi connectivity index (χ4v) is 3.84. The zero-order chi connectivity index (χ0) is 21.2. The van der Waals surface area contributed by atoms with Crippen LogP contribution in [0, 0.1) is 0 Å². The number of pyridine rings is 1. The van der Waals surface area contributed by atoms with Crippen molar-refractivity contribution in [1.82, 2.24) is 4.98 Å². The molecule has 0 aliphatic carbocycles. The summed E-state index contributed by atoms with van der Waals surface area (Å²) in [6.07, 6.45) is 3.36. The Hall–Kier alpha value is -3.64. The third-order valence-electron chi connectivity index (χ3n) is 5.43. The van der Waals surface area contributed by atoms with Gasteiger partial charge in [0.25, 0.3) is 0 Å². The van der Waals surface area contributed by atoms with Crippen LogP contribution in [0.25, 0.3) is 27.9 Å². The maximum Gasteiger partial charge on any atom is 0.221 e. The van der Waals surface area contributed by atoms with E-state index in [0.717, 1.165) is 40.8 Å². The number of allylic oxidation sites excluding steroid dienone is 1. The number of carbonyl (C=O) groups excluding carboxylic acids is 1. The average Bonchev–Trinajstić information content (AvgIpc) is 3.27. The Morgan fingerprint density at radius 2 is 1.87 bits per heavy atom. The molecule has 2 aromatic carbocycles. The molecule has 0 spiro atoms. The molecule has 0 unspecified atom stereocenters. The summed E-state index contributed by atoms with van der Waals surface area (Å²) in [6.45, 7) is 2.86. The van der Waals surface area contributed by atoms with Crippen LogP contribution in [0.4, 0.5) is 5.82 Å². The number of methoxy groups -OCH3 is 1. The number of furan rings is 1. The van der Waals surface area contributed by atoms with E-state index >= 15 is 0 Å². The molecule has 0 amide bonds. The number of anilines is 1. The lowest BCUT2D eigenvalue weighted by molar-refractivity contribution is 0.102. The van der Waals surface area contributed by atoms with Crippen LogP contribution in [0.15, 0.2) is 65.1 Å². The summed E-state index contributed by atoms with van der Waals surface area (Å²) in [4.78, 5) is 19.9. The lowest BCUT2D eigenvalue weighted by Gasteiger charge is -2.29. The van der Waals surface area contributed by atoms with Gasteiger partial charge in [-0.2, -0.15) is 0 Å².